The lowest BCUT2D eigenvalue weighted by Crippen LogP contribution is -2.56. The fourth-order valence-electron chi connectivity index (χ4n) is 5.65. The zero-order valence-corrected chi connectivity index (χ0v) is 14.0. The zero-order valence-electron chi connectivity index (χ0n) is 14.0. The quantitative estimate of drug-likeness (QED) is 0.831. The highest BCUT2D eigenvalue weighted by Gasteiger charge is 2.49. The van der Waals surface area contributed by atoms with Gasteiger partial charge in [0.2, 0.25) is 0 Å². The summed E-state index contributed by atoms with van der Waals surface area (Å²) in [6.45, 7) is 4.87. The third-order valence-electron chi connectivity index (χ3n) is 6.57. The van der Waals surface area contributed by atoms with Crippen LogP contribution < -0.4 is 4.74 Å². The summed E-state index contributed by atoms with van der Waals surface area (Å²) in [4.78, 5) is 2.78. The number of piperidine rings is 2. The Morgan fingerprint density at radius 2 is 2.22 bits per heavy atom. The molecule has 122 valence electrons. The molecule has 5 atom stereocenters. The van der Waals surface area contributed by atoms with E-state index in [1.165, 1.54) is 49.1 Å². The van der Waals surface area contributed by atoms with Gasteiger partial charge in [-0.2, -0.15) is 0 Å². The van der Waals surface area contributed by atoms with Gasteiger partial charge in [0.15, 0.2) is 0 Å². The van der Waals surface area contributed by atoms with E-state index in [2.05, 4.69) is 30.0 Å². The van der Waals surface area contributed by atoms with Gasteiger partial charge in [-0.05, 0) is 43.2 Å². The molecular weight excluding hydrogens is 286 g/mol. The van der Waals surface area contributed by atoms with Crippen molar-refractivity contribution in [3.05, 3.63) is 29.5 Å². The number of ether oxygens (including phenoxy) is 1. The highest BCUT2D eigenvalue weighted by atomic mass is 16.5. The molecule has 1 aliphatic carbocycles. The monoisotopic (exact) mass is 311 g/mol. The van der Waals surface area contributed by atoms with Crippen LogP contribution in [0.4, 0.5) is 0 Å². The second-order valence-electron chi connectivity index (χ2n) is 7.65. The maximum atomic E-state index is 6.44. The molecule has 4 bridgehead atoms. The lowest BCUT2D eigenvalue weighted by atomic mass is 9.65. The van der Waals surface area contributed by atoms with Gasteiger partial charge < -0.3 is 9.15 Å². The average Bonchev–Trinajstić information content (AvgIpc) is 2.92. The molecule has 3 nitrogen and oxygen atoms in total. The molecule has 2 aromatic rings. The van der Waals surface area contributed by atoms with Crippen molar-refractivity contribution in [1.82, 2.24) is 4.90 Å². The summed E-state index contributed by atoms with van der Waals surface area (Å²) >= 11 is 0. The van der Waals surface area contributed by atoms with E-state index < -0.39 is 0 Å². The Labute approximate surface area is 137 Å². The first-order valence-electron chi connectivity index (χ1n) is 9.11. The fraction of sp³-hybridized carbons (Fsp3) is 0.600. The van der Waals surface area contributed by atoms with Crippen LogP contribution in [-0.4, -0.2) is 31.1 Å². The summed E-state index contributed by atoms with van der Waals surface area (Å²) in [5.74, 6) is 4.50. The maximum Gasteiger partial charge on any atom is 0.138 e. The van der Waals surface area contributed by atoms with Gasteiger partial charge in [-0.25, -0.2) is 0 Å². The number of benzene rings is 1. The van der Waals surface area contributed by atoms with E-state index in [1.54, 1.807) is 7.11 Å². The summed E-state index contributed by atoms with van der Waals surface area (Å²) in [5, 5.41) is 1.30. The minimum atomic E-state index is 0.600. The summed E-state index contributed by atoms with van der Waals surface area (Å²) in [6, 6.07) is 7.02. The van der Waals surface area contributed by atoms with Gasteiger partial charge in [0, 0.05) is 42.1 Å². The van der Waals surface area contributed by atoms with E-state index >= 15 is 0 Å². The normalized spacial score (nSPS) is 35.1. The Balaban J connectivity index is 1.66. The van der Waals surface area contributed by atoms with Crippen LogP contribution in [0.2, 0.25) is 0 Å². The minimum Gasteiger partial charge on any atom is -0.497 e. The predicted molar refractivity (Wildman–Crippen MR) is 91.1 cm³/mol. The van der Waals surface area contributed by atoms with Crippen molar-refractivity contribution in [2.24, 2.45) is 11.8 Å². The molecule has 1 saturated carbocycles. The molecule has 3 heteroatoms. The third kappa shape index (κ3) is 1.92. The average molecular weight is 311 g/mol. The highest BCUT2D eigenvalue weighted by molar-refractivity contribution is 5.84. The summed E-state index contributed by atoms with van der Waals surface area (Å²) in [6.07, 6.45) is 5.18. The van der Waals surface area contributed by atoms with Gasteiger partial charge in [-0.15, -0.1) is 0 Å². The first kappa shape index (κ1) is 13.9. The Morgan fingerprint density at radius 3 is 3.04 bits per heavy atom. The minimum absolute atomic E-state index is 0.600. The molecule has 0 radical (unpaired) electrons. The van der Waals surface area contributed by atoms with Crippen molar-refractivity contribution in [3.8, 4) is 5.75 Å². The molecule has 3 fully saturated rings. The third-order valence-corrected chi connectivity index (χ3v) is 6.57. The van der Waals surface area contributed by atoms with Crippen molar-refractivity contribution in [1.29, 1.82) is 0 Å². The fourth-order valence-corrected chi connectivity index (χ4v) is 5.65. The number of rotatable bonds is 2. The maximum absolute atomic E-state index is 6.44. The van der Waals surface area contributed by atoms with E-state index in [9.17, 15) is 0 Å². The Kier molecular flexibility index (Phi) is 3.03. The molecule has 3 aliphatic heterocycles. The Bertz CT molecular complexity index is 749. The smallest absolute Gasteiger partial charge is 0.138 e. The number of methoxy groups -OCH3 is 1. The summed E-state index contributed by atoms with van der Waals surface area (Å²) in [5.41, 5.74) is 2.48. The largest absolute Gasteiger partial charge is 0.497 e. The summed E-state index contributed by atoms with van der Waals surface area (Å²) in [7, 11) is 1.72. The van der Waals surface area contributed by atoms with Crippen molar-refractivity contribution < 1.29 is 9.15 Å². The number of hydrogen-bond donors (Lipinski definition) is 0. The molecule has 1 aromatic carbocycles. The molecule has 5 unspecified atom stereocenters. The lowest BCUT2D eigenvalue weighted by molar-refractivity contribution is -0.0169. The van der Waals surface area contributed by atoms with Crippen LogP contribution in [0.25, 0.3) is 11.0 Å². The van der Waals surface area contributed by atoms with E-state index in [0.29, 0.717) is 12.0 Å². The van der Waals surface area contributed by atoms with E-state index in [-0.39, 0.29) is 0 Å². The van der Waals surface area contributed by atoms with Crippen LogP contribution in [0.5, 0.6) is 5.75 Å². The number of fused-ring (bicyclic) bond motifs is 4. The van der Waals surface area contributed by atoms with Crippen molar-refractivity contribution >= 4 is 11.0 Å². The van der Waals surface area contributed by atoms with Crippen molar-refractivity contribution in [2.45, 2.75) is 44.6 Å². The van der Waals surface area contributed by atoms with Crippen molar-refractivity contribution in [2.75, 3.05) is 20.2 Å². The van der Waals surface area contributed by atoms with E-state index in [0.717, 1.165) is 29.6 Å². The molecule has 1 aromatic heterocycles. The van der Waals surface area contributed by atoms with Gasteiger partial charge in [0.25, 0.3) is 0 Å². The SMILES string of the molecule is CCC1CC2CC3c4oc5cc(OC)ccc5c4CCN(C2)C13. The first-order valence-corrected chi connectivity index (χ1v) is 9.11. The van der Waals surface area contributed by atoms with Crippen LogP contribution in [0.1, 0.15) is 43.4 Å². The van der Waals surface area contributed by atoms with Gasteiger partial charge in [0.05, 0.1) is 7.11 Å². The second kappa shape index (κ2) is 5.01. The number of nitrogens with zero attached hydrogens (tertiary/aromatic N) is 1. The van der Waals surface area contributed by atoms with Gasteiger partial charge in [-0.3, -0.25) is 4.90 Å². The van der Waals surface area contributed by atoms with Crippen LogP contribution in [0, 0.1) is 11.8 Å². The first-order chi connectivity index (χ1) is 11.3. The zero-order chi connectivity index (χ0) is 15.6. The topological polar surface area (TPSA) is 25.6 Å². The molecule has 23 heavy (non-hydrogen) atoms. The molecule has 6 rings (SSSR count). The van der Waals surface area contributed by atoms with Gasteiger partial charge in [0.1, 0.15) is 17.1 Å². The predicted octanol–water partition coefficient (Wildman–Crippen LogP) is 4.20. The van der Waals surface area contributed by atoms with E-state index in [4.69, 9.17) is 9.15 Å². The highest BCUT2D eigenvalue weighted by Crippen LogP contribution is 2.51. The molecule has 2 saturated heterocycles. The molecule has 4 heterocycles. The van der Waals surface area contributed by atoms with Crippen LogP contribution in [0.15, 0.2) is 22.6 Å². The molecule has 0 amide bonds. The standard InChI is InChI=1S/C20H25NO2/c1-3-13-8-12-9-17-19(13)21(11-12)7-6-16-15-5-4-14(22-2)10-18(15)23-20(16)17/h4-5,10,12-13,17,19H,3,6-9,11H2,1-2H3. The number of hydrogen-bond acceptors (Lipinski definition) is 3. The molecule has 4 aliphatic rings. The van der Waals surface area contributed by atoms with E-state index in [1.807, 2.05) is 0 Å². The second-order valence-corrected chi connectivity index (χ2v) is 7.65. The van der Waals surface area contributed by atoms with Crippen LogP contribution in [0.3, 0.4) is 0 Å². The lowest BCUT2D eigenvalue weighted by Gasteiger charge is -2.52. The molecule has 0 spiro atoms. The van der Waals surface area contributed by atoms with Crippen LogP contribution >= 0.6 is 0 Å². The van der Waals surface area contributed by atoms with Crippen molar-refractivity contribution in [3.63, 3.8) is 0 Å². The Morgan fingerprint density at radius 1 is 1.30 bits per heavy atom. The molecular formula is C20H25NO2. The van der Waals surface area contributed by atoms with Gasteiger partial charge in [-0.1, -0.05) is 13.3 Å². The molecule has 0 N–H and O–H groups in total. The van der Waals surface area contributed by atoms with Crippen LogP contribution in [-0.2, 0) is 6.42 Å². The number of furan rings is 1. The Hall–Kier alpha value is -1.48. The van der Waals surface area contributed by atoms with Gasteiger partial charge >= 0.3 is 0 Å². The summed E-state index contributed by atoms with van der Waals surface area (Å²) < 4.78 is 11.8.